The van der Waals surface area contributed by atoms with E-state index in [-0.39, 0.29) is 5.91 Å². The molecule has 1 aliphatic heterocycles. The Balaban J connectivity index is 2.16. The molecule has 0 radical (unpaired) electrons. The van der Waals surface area contributed by atoms with Crippen molar-refractivity contribution in [3.63, 3.8) is 0 Å². The second-order valence-corrected chi connectivity index (χ2v) is 4.58. The maximum Gasteiger partial charge on any atom is 0.416 e. The molecule has 1 aromatic rings. The average molecular weight is 287 g/mol. The molecule has 1 fully saturated rings. The fourth-order valence-corrected chi connectivity index (χ4v) is 2.16. The molecule has 0 saturated carbocycles. The SMILES string of the molecule is NCCCN1C(=O)CCN1c1ccc(C(F)(F)F)cc1. The minimum absolute atomic E-state index is 0.0293. The van der Waals surface area contributed by atoms with Crippen LogP contribution in [0.3, 0.4) is 0 Å². The molecule has 1 amide bonds. The van der Waals surface area contributed by atoms with E-state index in [1.54, 1.807) is 10.0 Å². The van der Waals surface area contributed by atoms with Gasteiger partial charge in [-0.25, -0.2) is 0 Å². The van der Waals surface area contributed by atoms with Crippen molar-refractivity contribution in [3.8, 4) is 0 Å². The molecule has 4 nitrogen and oxygen atoms in total. The summed E-state index contributed by atoms with van der Waals surface area (Å²) in [6, 6.07) is 4.83. The van der Waals surface area contributed by atoms with E-state index in [2.05, 4.69) is 0 Å². The Bertz CT molecular complexity index is 473. The molecule has 1 aromatic carbocycles. The highest BCUT2D eigenvalue weighted by molar-refractivity contribution is 5.81. The number of alkyl halides is 3. The third-order valence-electron chi connectivity index (χ3n) is 3.18. The summed E-state index contributed by atoms with van der Waals surface area (Å²) in [5.41, 5.74) is 5.31. The van der Waals surface area contributed by atoms with Gasteiger partial charge in [-0.2, -0.15) is 13.2 Å². The first kappa shape index (κ1) is 14.6. The zero-order valence-corrected chi connectivity index (χ0v) is 10.9. The molecule has 1 saturated heterocycles. The summed E-state index contributed by atoms with van der Waals surface area (Å²) in [5, 5.41) is 3.26. The fourth-order valence-electron chi connectivity index (χ4n) is 2.16. The lowest BCUT2D eigenvalue weighted by Gasteiger charge is -2.29. The predicted octanol–water partition coefficient (Wildman–Crippen LogP) is 2.01. The van der Waals surface area contributed by atoms with Crippen LogP contribution in [0.1, 0.15) is 18.4 Å². The minimum atomic E-state index is -4.35. The van der Waals surface area contributed by atoms with Crippen LogP contribution in [-0.2, 0) is 11.0 Å². The largest absolute Gasteiger partial charge is 0.416 e. The number of rotatable bonds is 4. The Morgan fingerprint density at radius 1 is 1.20 bits per heavy atom. The van der Waals surface area contributed by atoms with Gasteiger partial charge >= 0.3 is 6.18 Å². The summed E-state index contributed by atoms with van der Waals surface area (Å²) in [6.07, 6.45) is -3.33. The lowest BCUT2D eigenvalue weighted by molar-refractivity contribution is -0.137. The first-order valence-corrected chi connectivity index (χ1v) is 6.38. The molecule has 0 aliphatic carbocycles. The number of anilines is 1. The van der Waals surface area contributed by atoms with Crippen LogP contribution >= 0.6 is 0 Å². The Hall–Kier alpha value is -1.76. The minimum Gasteiger partial charge on any atom is -0.330 e. The van der Waals surface area contributed by atoms with E-state index in [1.807, 2.05) is 0 Å². The molecule has 2 N–H and O–H groups in total. The highest BCUT2D eigenvalue weighted by Crippen LogP contribution is 2.31. The Morgan fingerprint density at radius 2 is 1.85 bits per heavy atom. The number of nitrogens with two attached hydrogens (primary N) is 1. The molecule has 20 heavy (non-hydrogen) atoms. The third kappa shape index (κ3) is 3.04. The number of carbonyl (C=O) groups is 1. The number of carbonyl (C=O) groups excluding carboxylic acids is 1. The molecule has 0 aromatic heterocycles. The lowest BCUT2D eigenvalue weighted by Crippen LogP contribution is -2.40. The normalized spacial score (nSPS) is 16.1. The van der Waals surface area contributed by atoms with E-state index in [0.29, 0.717) is 38.2 Å². The summed E-state index contributed by atoms with van der Waals surface area (Å²) in [5.74, 6) is -0.0293. The van der Waals surface area contributed by atoms with Crippen LogP contribution in [0.2, 0.25) is 0 Å². The smallest absolute Gasteiger partial charge is 0.330 e. The van der Waals surface area contributed by atoms with Crippen molar-refractivity contribution in [1.82, 2.24) is 5.01 Å². The second-order valence-electron chi connectivity index (χ2n) is 4.58. The van der Waals surface area contributed by atoms with Crippen LogP contribution in [0.25, 0.3) is 0 Å². The fraction of sp³-hybridized carbons (Fsp3) is 0.462. The zero-order valence-electron chi connectivity index (χ0n) is 10.9. The van der Waals surface area contributed by atoms with Gasteiger partial charge in [0.15, 0.2) is 0 Å². The molecule has 0 unspecified atom stereocenters. The van der Waals surface area contributed by atoms with Gasteiger partial charge in [0.05, 0.1) is 11.3 Å². The second kappa shape index (κ2) is 5.70. The number of hydrogen-bond acceptors (Lipinski definition) is 3. The number of halogens is 3. The van der Waals surface area contributed by atoms with Gasteiger partial charge in [0.25, 0.3) is 0 Å². The Kier molecular flexibility index (Phi) is 4.17. The molecule has 0 spiro atoms. The molecule has 2 rings (SSSR count). The Labute approximate surface area is 114 Å². The van der Waals surface area contributed by atoms with Crippen molar-refractivity contribution < 1.29 is 18.0 Å². The monoisotopic (exact) mass is 287 g/mol. The first-order valence-electron chi connectivity index (χ1n) is 6.38. The molecular weight excluding hydrogens is 271 g/mol. The van der Waals surface area contributed by atoms with Crippen LogP contribution in [0.5, 0.6) is 0 Å². The first-order chi connectivity index (χ1) is 9.43. The highest BCUT2D eigenvalue weighted by atomic mass is 19.4. The molecule has 7 heteroatoms. The molecule has 0 bridgehead atoms. The molecule has 110 valence electrons. The summed E-state index contributed by atoms with van der Waals surface area (Å²) < 4.78 is 37.5. The third-order valence-corrected chi connectivity index (χ3v) is 3.18. The summed E-state index contributed by atoms with van der Waals surface area (Å²) >= 11 is 0. The van der Waals surface area contributed by atoms with Crippen molar-refractivity contribution in [2.75, 3.05) is 24.6 Å². The van der Waals surface area contributed by atoms with Crippen LogP contribution in [-0.4, -0.2) is 30.6 Å². The van der Waals surface area contributed by atoms with E-state index in [9.17, 15) is 18.0 Å². The lowest BCUT2D eigenvalue weighted by atomic mass is 10.2. The number of hydrogen-bond donors (Lipinski definition) is 1. The van der Waals surface area contributed by atoms with Gasteiger partial charge in [-0.3, -0.25) is 14.8 Å². The maximum absolute atomic E-state index is 12.5. The van der Waals surface area contributed by atoms with E-state index in [0.717, 1.165) is 12.1 Å². The van der Waals surface area contributed by atoms with Crippen LogP contribution < -0.4 is 10.7 Å². The van der Waals surface area contributed by atoms with Crippen molar-refractivity contribution in [1.29, 1.82) is 0 Å². The van der Waals surface area contributed by atoms with Gasteiger partial charge in [-0.1, -0.05) is 0 Å². The topological polar surface area (TPSA) is 49.6 Å². The highest BCUT2D eigenvalue weighted by Gasteiger charge is 2.32. The van der Waals surface area contributed by atoms with E-state index >= 15 is 0 Å². The quantitative estimate of drug-likeness (QED) is 0.921. The van der Waals surface area contributed by atoms with Crippen molar-refractivity contribution in [3.05, 3.63) is 29.8 Å². The number of amides is 1. The van der Waals surface area contributed by atoms with E-state index in [4.69, 9.17) is 5.73 Å². The molecular formula is C13H16F3N3O. The van der Waals surface area contributed by atoms with Gasteiger partial charge in [-0.05, 0) is 37.2 Å². The summed E-state index contributed by atoms with van der Waals surface area (Å²) in [7, 11) is 0. The van der Waals surface area contributed by atoms with Crippen LogP contribution in [0, 0.1) is 0 Å². The predicted molar refractivity (Wildman–Crippen MR) is 68.8 cm³/mol. The van der Waals surface area contributed by atoms with Crippen LogP contribution in [0.4, 0.5) is 18.9 Å². The van der Waals surface area contributed by atoms with Gasteiger partial charge in [0.2, 0.25) is 5.91 Å². The molecule has 1 heterocycles. The maximum atomic E-state index is 12.5. The number of hydrazine groups is 1. The van der Waals surface area contributed by atoms with E-state index in [1.165, 1.54) is 12.1 Å². The average Bonchev–Trinajstić information content (AvgIpc) is 2.77. The number of nitrogens with zero attached hydrogens (tertiary/aromatic N) is 2. The van der Waals surface area contributed by atoms with Crippen molar-refractivity contribution >= 4 is 11.6 Å². The van der Waals surface area contributed by atoms with Gasteiger partial charge in [0.1, 0.15) is 0 Å². The van der Waals surface area contributed by atoms with Gasteiger partial charge in [0, 0.05) is 19.5 Å². The zero-order chi connectivity index (χ0) is 14.8. The summed E-state index contributed by atoms with van der Waals surface area (Å²) in [6.45, 7) is 1.43. The van der Waals surface area contributed by atoms with Gasteiger partial charge < -0.3 is 5.73 Å². The summed E-state index contributed by atoms with van der Waals surface area (Å²) in [4.78, 5) is 11.8. The van der Waals surface area contributed by atoms with Gasteiger partial charge in [-0.15, -0.1) is 0 Å². The van der Waals surface area contributed by atoms with E-state index < -0.39 is 11.7 Å². The number of benzene rings is 1. The van der Waals surface area contributed by atoms with Crippen molar-refractivity contribution in [2.24, 2.45) is 5.73 Å². The Morgan fingerprint density at radius 3 is 2.40 bits per heavy atom. The molecule has 1 aliphatic rings. The molecule has 0 atom stereocenters. The van der Waals surface area contributed by atoms with Crippen LogP contribution in [0.15, 0.2) is 24.3 Å². The standard InChI is InChI=1S/C13H16F3N3O/c14-13(15,16)10-2-4-11(5-3-10)18-9-6-12(20)19(18)8-1-7-17/h2-5H,1,6-9,17H2. The van der Waals surface area contributed by atoms with Crippen molar-refractivity contribution in [2.45, 2.75) is 19.0 Å².